The summed E-state index contributed by atoms with van der Waals surface area (Å²) in [5.74, 6) is 2.03. The normalized spacial score (nSPS) is 12.2. The summed E-state index contributed by atoms with van der Waals surface area (Å²) in [7, 11) is 0. The number of aromatic nitrogens is 3. The van der Waals surface area contributed by atoms with Crippen LogP contribution in [0.15, 0.2) is 99.2 Å². The van der Waals surface area contributed by atoms with Gasteiger partial charge in [-0.25, -0.2) is 0 Å². The summed E-state index contributed by atoms with van der Waals surface area (Å²) in [6, 6.07) is 25.1. The van der Waals surface area contributed by atoms with E-state index >= 15 is 0 Å². The van der Waals surface area contributed by atoms with Crippen LogP contribution < -0.4 is 21.2 Å². The number of nitrogens with zero attached hydrogens (tertiary/aromatic N) is 3. The first-order chi connectivity index (χ1) is 16.7. The summed E-state index contributed by atoms with van der Waals surface area (Å²) in [6.45, 7) is 8.41. The van der Waals surface area contributed by atoms with E-state index in [0.717, 1.165) is 20.3 Å². The zero-order chi connectivity index (χ0) is 23.5. The molecule has 5 rings (SSSR count). The van der Waals surface area contributed by atoms with Crippen LogP contribution in [-0.2, 0) is 0 Å². The molecule has 0 spiro atoms. The van der Waals surface area contributed by atoms with E-state index in [1.165, 1.54) is 20.2 Å². The topological polar surface area (TPSA) is 38.7 Å². The van der Waals surface area contributed by atoms with E-state index in [-0.39, 0.29) is 21.2 Å². The maximum absolute atomic E-state index is 4.94. The molecule has 34 heavy (non-hydrogen) atoms. The second kappa shape index (κ2) is 9.99. The molecule has 0 fully saturated rings. The SMILES string of the molecule is C=C([I-]/C=C\C)/C(=C\C)c1nc(-c2ccccc2)nc(-c2ccc3c(c2)sc2ccccc23)n1. The third-order valence-electron chi connectivity index (χ3n) is 5.45. The molecule has 0 N–H and O–H groups in total. The van der Waals surface area contributed by atoms with Gasteiger partial charge in [0.2, 0.25) is 0 Å². The van der Waals surface area contributed by atoms with Crippen molar-refractivity contribution >= 4 is 37.1 Å². The molecule has 0 saturated carbocycles. The van der Waals surface area contributed by atoms with Gasteiger partial charge in [-0.3, -0.25) is 0 Å². The van der Waals surface area contributed by atoms with Crippen LogP contribution in [0.4, 0.5) is 0 Å². The molecule has 2 aromatic heterocycles. The van der Waals surface area contributed by atoms with E-state index in [1.54, 1.807) is 11.3 Å². The molecule has 2 heterocycles. The second-order valence-corrected chi connectivity index (χ2v) is 11.4. The third kappa shape index (κ3) is 4.45. The van der Waals surface area contributed by atoms with Gasteiger partial charge >= 0.3 is 215 Å². The van der Waals surface area contributed by atoms with E-state index in [2.05, 4.69) is 65.3 Å². The van der Waals surface area contributed by atoms with Crippen LogP contribution in [0.2, 0.25) is 0 Å². The first-order valence-corrected chi connectivity index (χ1v) is 14.2. The Morgan fingerprint density at radius 3 is 2.26 bits per heavy atom. The number of rotatable bonds is 6. The minimum atomic E-state index is -0.319. The van der Waals surface area contributed by atoms with E-state index in [1.807, 2.05) is 44.2 Å². The maximum atomic E-state index is 4.94. The fourth-order valence-electron chi connectivity index (χ4n) is 3.81. The number of allylic oxidation sites excluding steroid dienone is 4. The van der Waals surface area contributed by atoms with Crippen LogP contribution >= 0.6 is 11.3 Å². The number of halogens is 1. The molecule has 168 valence electrons. The number of hydrogen-bond acceptors (Lipinski definition) is 4. The predicted octanol–water partition coefficient (Wildman–Crippen LogP) is 5.11. The van der Waals surface area contributed by atoms with Crippen molar-refractivity contribution in [2.75, 3.05) is 0 Å². The molecule has 0 saturated heterocycles. The molecule has 5 heteroatoms. The molecular formula is C29H23IN3S-. The van der Waals surface area contributed by atoms with Crippen LogP contribution in [0.5, 0.6) is 0 Å². The average Bonchev–Trinajstić information content (AvgIpc) is 3.26. The first-order valence-electron chi connectivity index (χ1n) is 11.0. The Hall–Kier alpha value is -3.16. The molecule has 5 aromatic rings. The van der Waals surface area contributed by atoms with Gasteiger partial charge in [0.05, 0.1) is 0 Å². The van der Waals surface area contributed by atoms with Gasteiger partial charge in [-0.05, 0) is 0 Å². The molecule has 0 aliphatic rings. The van der Waals surface area contributed by atoms with Crippen molar-refractivity contribution in [3.8, 4) is 22.8 Å². The summed E-state index contributed by atoms with van der Waals surface area (Å²) < 4.78 is 5.82. The van der Waals surface area contributed by atoms with Crippen LogP contribution in [0.3, 0.4) is 0 Å². The summed E-state index contributed by atoms with van der Waals surface area (Å²) >= 11 is 1.48. The van der Waals surface area contributed by atoms with Crippen molar-refractivity contribution < 1.29 is 21.2 Å². The number of benzene rings is 3. The Labute approximate surface area is 213 Å². The molecule has 3 aromatic carbocycles. The van der Waals surface area contributed by atoms with E-state index < -0.39 is 0 Å². The molecule has 0 radical (unpaired) electrons. The first kappa shape index (κ1) is 22.6. The van der Waals surface area contributed by atoms with Crippen molar-refractivity contribution in [1.29, 1.82) is 0 Å². The average molecular weight is 572 g/mol. The Morgan fingerprint density at radius 2 is 1.50 bits per heavy atom. The van der Waals surface area contributed by atoms with Crippen LogP contribution in [0.25, 0.3) is 48.5 Å². The van der Waals surface area contributed by atoms with Gasteiger partial charge in [0.25, 0.3) is 0 Å². The molecule has 0 bridgehead atoms. The Kier molecular flexibility index (Phi) is 6.65. The van der Waals surface area contributed by atoms with Crippen LogP contribution in [0, 0.1) is 0 Å². The fraction of sp³-hybridized carbons (Fsp3) is 0.0690. The van der Waals surface area contributed by atoms with Gasteiger partial charge in [0, 0.05) is 0 Å². The zero-order valence-corrected chi connectivity index (χ0v) is 22.0. The Morgan fingerprint density at radius 1 is 0.794 bits per heavy atom. The number of thiophene rings is 1. The molecule has 0 aliphatic carbocycles. The van der Waals surface area contributed by atoms with Crippen LogP contribution in [-0.4, -0.2) is 15.0 Å². The van der Waals surface area contributed by atoms with Crippen molar-refractivity contribution in [3.05, 3.63) is 105 Å². The molecule has 0 unspecified atom stereocenters. The van der Waals surface area contributed by atoms with E-state index in [4.69, 9.17) is 15.0 Å². The van der Waals surface area contributed by atoms with Crippen molar-refractivity contribution in [1.82, 2.24) is 15.0 Å². The zero-order valence-electron chi connectivity index (χ0n) is 19.0. The fourth-order valence-corrected chi connectivity index (χ4v) is 6.64. The minimum absolute atomic E-state index is 0.319. The van der Waals surface area contributed by atoms with Gasteiger partial charge in [0.15, 0.2) is 0 Å². The molecule has 0 atom stereocenters. The monoisotopic (exact) mass is 572 g/mol. The van der Waals surface area contributed by atoms with E-state index in [9.17, 15) is 0 Å². The number of hydrogen-bond donors (Lipinski definition) is 0. The summed E-state index contributed by atoms with van der Waals surface area (Å²) in [5, 5.41) is 2.55. The third-order valence-corrected chi connectivity index (χ3v) is 8.99. The second-order valence-electron chi connectivity index (χ2n) is 7.66. The summed E-state index contributed by atoms with van der Waals surface area (Å²) in [5.41, 5.74) is 2.96. The molecular weight excluding hydrogens is 549 g/mol. The van der Waals surface area contributed by atoms with Crippen LogP contribution in [0.1, 0.15) is 19.7 Å². The molecule has 0 aliphatic heterocycles. The molecule has 0 amide bonds. The van der Waals surface area contributed by atoms with Crippen molar-refractivity contribution in [2.45, 2.75) is 13.8 Å². The van der Waals surface area contributed by atoms with E-state index in [0.29, 0.717) is 17.5 Å². The van der Waals surface area contributed by atoms with Crippen molar-refractivity contribution in [2.24, 2.45) is 0 Å². The van der Waals surface area contributed by atoms with Gasteiger partial charge in [0.1, 0.15) is 0 Å². The molecule has 3 nitrogen and oxygen atoms in total. The van der Waals surface area contributed by atoms with Gasteiger partial charge in [-0.15, -0.1) is 0 Å². The van der Waals surface area contributed by atoms with Crippen molar-refractivity contribution in [3.63, 3.8) is 0 Å². The predicted molar refractivity (Wildman–Crippen MR) is 141 cm³/mol. The summed E-state index contributed by atoms with van der Waals surface area (Å²) in [4.78, 5) is 14.7. The standard InChI is InChI=1S/C29H23IN3S/c1-4-17-30-19(3)22(5-2)29-32-27(20-11-7-6-8-12-20)31-28(33-29)21-15-16-24-23-13-9-10-14-25(23)34-26(24)18-21/h4-18H,3H2,1-2H3/q-1/b17-4-,22-5+. The number of fused-ring (bicyclic) bond motifs is 3. The quantitative estimate of drug-likeness (QED) is 0.210. The Balaban J connectivity index is 1.67. The van der Waals surface area contributed by atoms with Gasteiger partial charge in [-0.2, -0.15) is 0 Å². The van der Waals surface area contributed by atoms with Gasteiger partial charge < -0.3 is 0 Å². The Bertz CT molecular complexity index is 1560. The summed E-state index contributed by atoms with van der Waals surface area (Å²) in [6.07, 6.45) is 4.15. The van der Waals surface area contributed by atoms with Gasteiger partial charge in [-0.1, -0.05) is 0 Å².